The number of nitrogens with zero attached hydrogens (tertiary/aromatic N) is 1. The first-order chi connectivity index (χ1) is 9.08. The van der Waals surface area contributed by atoms with Crippen molar-refractivity contribution >= 4 is 17.7 Å². The highest BCUT2D eigenvalue weighted by Gasteiger charge is 2.22. The molecule has 2 aromatic rings. The van der Waals surface area contributed by atoms with E-state index in [2.05, 4.69) is 4.98 Å². The Morgan fingerprint density at radius 1 is 1.16 bits per heavy atom. The summed E-state index contributed by atoms with van der Waals surface area (Å²) < 4.78 is 0. The Labute approximate surface area is 116 Å². The number of aliphatic carboxylic acids is 1. The zero-order valence-corrected chi connectivity index (χ0v) is 11.6. The summed E-state index contributed by atoms with van der Waals surface area (Å²) >= 11 is 1.28. The van der Waals surface area contributed by atoms with Crippen molar-refractivity contribution < 1.29 is 9.90 Å². The van der Waals surface area contributed by atoms with Gasteiger partial charge in [-0.05, 0) is 31.0 Å². The van der Waals surface area contributed by atoms with Crippen LogP contribution in [0.3, 0.4) is 0 Å². The molecule has 0 saturated heterocycles. The molecular formula is C15H15NO2S. The Bertz CT molecular complexity index is 584. The lowest BCUT2D eigenvalue weighted by Crippen LogP contribution is -2.08. The summed E-state index contributed by atoms with van der Waals surface area (Å²) in [6.45, 7) is 3.85. The molecule has 0 aliphatic heterocycles. The fraction of sp³-hybridized carbons (Fsp3) is 0.200. The van der Waals surface area contributed by atoms with E-state index < -0.39 is 11.2 Å². The van der Waals surface area contributed by atoms with Gasteiger partial charge in [0.25, 0.3) is 0 Å². The lowest BCUT2D eigenvalue weighted by atomic mass is 10.1. The zero-order chi connectivity index (χ0) is 13.8. The van der Waals surface area contributed by atoms with Crippen LogP contribution in [0, 0.1) is 13.8 Å². The second-order valence-corrected chi connectivity index (χ2v) is 5.42. The van der Waals surface area contributed by atoms with Gasteiger partial charge in [0.2, 0.25) is 0 Å². The monoisotopic (exact) mass is 273 g/mol. The maximum absolute atomic E-state index is 11.5. The van der Waals surface area contributed by atoms with Crippen LogP contribution in [0.25, 0.3) is 0 Å². The van der Waals surface area contributed by atoms with E-state index in [1.165, 1.54) is 11.8 Å². The summed E-state index contributed by atoms with van der Waals surface area (Å²) in [5.41, 5.74) is 2.67. The number of hydrogen-bond donors (Lipinski definition) is 1. The minimum Gasteiger partial charge on any atom is -0.480 e. The lowest BCUT2D eigenvalue weighted by Gasteiger charge is -2.13. The molecule has 0 amide bonds. The first-order valence-corrected chi connectivity index (χ1v) is 6.84. The predicted molar refractivity (Wildman–Crippen MR) is 76.4 cm³/mol. The van der Waals surface area contributed by atoms with Crippen LogP contribution in [0.4, 0.5) is 0 Å². The minimum atomic E-state index is -0.848. The number of thioether (sulfide) groups is 1. The summed E-state index contributed by atoms with van der Waals surface area (Å²) in [6.07, 6.45) is 0. The van der Waals surface area contributed by atoms with E-state index >= 15 is 0 Å². The Hall–Kier alpha value is -1.81. The molecule has 0 bridgehead atoms. The maximum atomic E-state index is 11.5. The second kappa shape index (κ2) is 5.89. The standard InChI is InChI=1S/C15H15NO2S/c1-10-8-9-11(2)16-14(10)19-13(15(17)18)12-6-4-3-5-7-12/h3-9,13H,1-2H3,(H,17,18). The van der Waals surface area contributed by atoms with Crippen molar-refractivity contribution in [1.82, 2.24) is 4.98 Å². The van der Waals surface area contributed by atoms with Crippen LogP contribution in [0.15, 0.2) is 47.5 Å². The molecule has 19 heavy (non-hydrogen) atoms. The Kier molecular flexibility index (Phi) is 4.22. The van der Waals surface area contributed by atoms with Crippen molar-refractivity contribution in [3.63, 3.8) is 0 Å². The normalized spacial score (nSPS) is 12.1. The number of aryl methyl sites for hydroxylation is 2. The third-order valence-corrected chi connectivity index (χ3v) is 4.09. The second-order valence-electron chi connectivity index (χ2n) is 4.32. The lowest BCUT2D eigenvalue weighted by molar-refractivity contribution is -0.136. The molecule has 0 fully saturated rings. The molecule has 0 spiro atoms. The van der Waals surface area contributed by atoms with Gasteiger partial charge >= 0.3 is 5.97 Å². The van der Waals surface area contributed by atoms with Gasteiger partial charge < -0.3 is 5.11 Å². The van der Waals surface area contributed by atoms with Crippen LogP contribution >= 0.6 is 11.8 Å². The molecule has 3 nitrogen and oxygen atoms in total. The molecule has 1 aromatic heterocycles. The van der Waals surface area contributed by atoms with E-state index in [1.807, 2.05) is 56.3 Å². The molecule has 1 atom stereocenters. The number of benzene rings is 1. The first-order valence-electron chi connectivity index (χ1n) is 5.96. The van der Waals surface area contributed by atoms with Crippen LogP contribution in [0.2, 0.25) is 0 Å². The molecule has 1 unspecified atom stereocenters. The van der Waals surface area contributed by atoms with Crippen LogP contribution < -0.4 is 0 Å². The number of aromatic nitrogens is 1. The van der Waals surface area contributed by atoms with Crippen molar-refractivity contribution in [2.45, 2.75) is 24.1 Å². The Balaban J connectivity index is 2.32. The number of hydrogen-bond acceptors (Lipinski definition) is 3. The predicted octanol–water partition coefficient (Wildman–Crippen LogP) is 3.62. The van der Waals surface area contributed by atoms with Crippen LogP contribution in [0.5, 0.6) is 0 Å². The van der Waals surface area contributed by atoms with Gasteiger partial charge in [0, 0.05) is 5.69 Å². The summed E-state index contributed by atoms with van der Waals surface area (Å²) in [7, 11) is 0. The van der Waals surface area contributed by atoms with Gasteiger partial charge in [0.1, 0.15) is 10.3 Å². The van der Waals surface area contributed by atoms with E-state index in [-0.39, 0.29) is 0 Å². The fourth-order valence-corrected chi connectivity index (χ4v) is 2.79. The molecule has 0 aliphatic carbocycles. The molecule has 0 radical (unpaired) electrons. The average Bonchev–Trinajstić information content (AvgIpc) is 2.40. The summed E-state index contributed by atoms with van der Waals surface area (Å²) in [6, 6.07) is 13.1. The summed E-state index contributed by atoms with van der Waals surface area (Å²) in [5, 5.41) is 9.54. The van der Waals surface area contributed by atoms with E-state index in [4.69, 9.17) is 0 Å². The maximum Gasteiger partial charge on any atom is 0.321 e. The molecule has 0 aliphatic rings. The number of pyridine rings is 1. The molecular weight excluding hydrogens is 258 g/mol. The van der Waals surface area contributed by atoms with Gasteiger partial charge in [-0.3, -0.25) is 4.79 Å². The third kappa shape index (κ3) is 3.35. The fourth-order valence-electron chi connectivity index (χ4n) is 1.72. The van der Waals surface area contributed by atoms with Gasteiger partial charge in [0.05, 0.1) is 0 Å². The number of carboxylic acids is 1. The molecule has 1 N–H and O–H groups in total. The van der Waals surface area contributed by atoms with E-state index in [0.717, 1.165) is 21.8 Å². The van der Waals surface area contributed by atoms with E-state index in [9.17, 15) is 9.90 Å². The van der Waals surface area contributed by atoms with Crippen LogP contribution in [-0.2, 0) is 4.79 Å². The largest absolute Gasteiger partial charge is 0.480 e. The molecule has 98 valence electrons. The van der Waals surface area contributed by atoms with E-state index in [0.29, 0.717) is 0 Å². The van der Waals surface area contributed by atoms with Gasteiger partial charge in [-0.1, -0.05) is 48.2 Å². The molecule has 4 heteroatoms. The number of carboxylic acid groups (broad SMARTS) is 1. The minimum absolute atomic E-state index is 0.630. The number of rotatable bonds is 4. The highest BCUT2D eigenvalue weighted by molar-refractivity contribution is 8.00. The van der Waals surface area contributed by atoms with Crippen molar-refractivity contribution in [3.8, 4) is 0 Å². The highest BCUT2D eigenvalue weighted by Crippen LogP contribution is 2.35. The smallest absolute Gasteiger partial charge is 0.321 e. The topological polar surface area (TPSA) is 50.2 Å². The van der Waals surface area contributed by atoms with Crippen molar-refractivity contribution in [3.05, 3.63) is 59.3 Å². The van der Waals surface area contributed by atoms with Crippen molar-refractivity contribution in [2.24, 2.45) is 0 Å². The quantitative estimate of drug-likeness (QED) is 0.864. The Morgan fingerprint density at radius 3 is 2.47 bits per heavy atom. The summed E-state index contributed by atoms with van der Waals surface area (Å²) in [5.74, 6) is -0.848. The summed E-state index contributed by atoms with van der Waals surface area (Å²) in [4.78, 5) is 15.9. The van der Waals surface area contributed by atoms with Gasteiger partial charge in [-0.25, -0.2) is 4.98 Å². The van der Waals surface area contributed by atoms with E-state index in [1.54, 1.807) is 0 Å². The van der Waals surface area contributed by atoms with Crippen LogP contribution in [-0.4, -0.2) is 16.1 Å². The van der Waals surface area contributed by atoms with Crippen molar-refractivity contribution in [2.75, 3.05) is 0 Å². The van der Waals surface area contributed by atoms with Gasteiger partial charge in [-0.15, -0.1) is 0 Å². The molecule has 1 heterocycles. The number of carbonyl (C=O) groups is 1. The average molecular weight is 273 g/mol. The van der Waals surface area contributed by atoms with Gasteiger partial charge in [0.15, 0.2) is 0 Å². The molecule has 0 saturated carbocycles. The Morgan fingerprint density at radius 2 is 1.84 bits per heavy atom. The SMILES string of the molecule is Cc1ccc(C)c(SC(C(=O)O)c2ccccc2)n1. The van der Waals surface area contributed by atoms with Gasteiger partial charge in [-0.2, -0.15) is 0 Å². The molecule has 2 rings (SSSR count). The third-order valence-electron chi connectivity index (χ3n) is 2.75. The van der Waals surface area contributed by atoms with Crippen LogP contribution in [0.1, 0.15) is 22.1 Å². The zero-order valence-electron chi connectivity index (χ0n) is 10.8. The van der Waals surface area contributed by atoms with Crippen molar-refractivity contribution in [1.29, 1.82) is 0 Å². The first kappa shape index (κ1) is 13.6. The highest BCUT2D eigenvalue weighted by atomic mass is 32.2. The molecule has 1 aromatic carbocycles.